The van der Waals surface area contributed by atoms with Crippen molar-refractivity contribution in [3.8, 4) is 5.69 Å². The lowest BCUT2D eigenvalue weighted by molar-refractivity contribution is -0.385. The molecule has 0 aliphatic rings. The SMILES string of the molecule is Cc1cc(Cn2nnc(=O)n2-c2cccc(C(F)(F)F)c2)ccc1[N+](=O)[O-]. The van der Waals surface area contributed by atoms with Crippen LogP contribution in [0.1, 0.15) is 16.7 Å². The molecular weight excluding hydrogens is 367 g/mol. The topological polar surface area (TPSA) is 95.8 Å². The van der Waals surface area contributed by atoms with Crippen molar-refractivity contribution < 1.29 is 18.1 Å². The lowest BCUT2D eigenvalue weighted by atomic mass is 10.1. The number of alkyl halides is 3. The Morgan fingerprint density at radius 2 is 1.93 bits per heavy atom. The molecule has 0 saturated heterocycles. The molecular formula is C16H12F3N5O3. The van der Waals surface area contributed by atoms with E-state index in [1.54, 1.807) is 13.0 Å². The Bertz CT molecular complexity index is 1070. The summed E-state index contributed by atoms with van der Waals surface area (Å²) in [6.45, 7) is 1.55. The van der Waals surface area contributed by atoms with Gasteiger partial charge in [0.05, 0.1) is 22.7 Å². The molecule has 0 atom stereocenters. The molecule has 8 nitrogen and oxygen atoms in total. The summed E-state index contributed by atoms with van der Waals surface area (Å²) in [4.78, 5) is 23.5. The number of aromatic nitrogens is 4. The zero-order valence-corrected chi connectivity index (χ0v) is 13.8. The summed E-state index contributed by atoms with van der Waals surface area (Å²) in [5.41, 5.74) is -0.876. The molecule has 1 heterocycles. The molecule has 0 radical (unpaired) electrons. The third-order valence-electron chi connectivity index (χ3n) is 3.85. The maximum atomic E-state index is 12.9. The van der Waals surface area contributed by atoms with E-state index in [-0.39, 0.29) is 17.9 Å². The Labute approximate surface area is 149 Å². The van der Waals surface area contributed by atoms with E-state index in [9.17, 15) is 28.1 Å². The molecule has 0 amide bonds. The Kier molecular flexibility index (Phi) is 4.52. The van der Waals surface area contributed by atoms with Crippen LogP contribution in [0.15, 0.2) is 47.3 Å². The summed E-state index contributed by atoms with van der Waals surface area (Å²) in [5.74, 6) is 0. The second-order valence-corrected chi connectivity index (χ2v) is 5.74. The van der Waals surface area contributed by atoms with Crippen molar-refractivity contribution in [3.63, 3.8) is 0 Å². The number of halogens is 3. The van der Waals surface area contributed by atoms with Crippen molar-refractivity contribution in [2.45, 2.75) is 19.6 Å². The van der Waals surface area contributed by atoms with Crippen LogP contribution in [-0.2, 0) is 12.7 Å². The van der Waals surface area contributed by atoms with Gasteiger partial charge in [-0.15, -0.1) is 0 Å². The Balaban J connectivity index is 2.00. The monoisotopic (exact) mass is 379 g/mol. The van der Waals surface area contributed by atoms with Gasteiger partial charge in [0, 0.05) is 11.6 Å². The summed E-state index contributed by atoms with van der Waals surface area (Å²) in [5, 5.41) is 17.9. The quantitative estimate of drug-likeness (QED) is 0.513. The van der Waals surface area contributed by atoms with Crippen LogP contribution in [0.3, 0.4) is 0 Å². The second-order valence-electron chi connectivity index (χ2n) is 5.74. The molecule has 0 saturated carbocycles. The van der Waals surface area contributed by atoms with Crippen molar-refractivity contribution >= 4 is 5.69 Å². The van der Waals surface area contributed by atoms with Gasteiger partial charge in [-0.2, -0.15) is 22.6 Å². The first kappa shape index (κ1) is 18.3. The van der Waals surface area contributed by atoms with Crippen molar-refractivity contribution in [2.75, 3.05) is 0 Å². The highest BCUT2D eigenvalue weighted by Crippen LogP contribution is 2.30. The largest absolute Gasteiger partial charge is 0.416 e. The first-order chi connectivity index (χ1) is 12.7. The molecule has 1 aromatic heterocycles. The minimum Gasteiger partial charge on any atom is -0.258 e. The zero-order valence-electron chi connectivity index (χ0n) is 13.8. The summed E-state index contributed by atoms with van der Waals surface area (Å²) in [6, 6.07) is 8.56. The van der Waals surface area contributed by atoms with Gasteiger partial charge in [-0.1, -0.05) is 17.2 Å². The fourth-order valence-electron chi connectivity index (χ4n) is 2.62. The van der Waals surface area contributed by atoms with Crippen LogP contribution in [0, 0.1) is 17.0 Å². The number of tetrazole rings is 1. The van der Waals surface area contributed by atoms with E-state index in [1.165, 1.54) is 24.3 Å². The Morgan fingerprint density at radius 1 is 1.19 bits per heavy atom. The maximum absolute atomic E-state index is 12.9. The van der Waals surface area contributed by atoms with E-state index in [0.717, 1.165) is 21.6 Å². The van der Waals surface area contributed by atoms with Gasteiger partial charge < -0.3 is 0 Å². The molecule has 3 rings (SSSR count). The van der Waals surface area contributed by atoms with E-state index >= 15 is 0 Å². The van der Waals surface area contributed by atoms with E-state index in [4.69, 9.17) is 0 Å². The van der Waals surface area contributed by atoms with Gasteiger partial charge in [-0.25, -0.2) is 4.79 Å². The molecule has 140 valence electrons. The standard InChI is InChI=1S/C16H12F3N5O3/c1-10-7-11(5-6-14(10)24(26)27)9-22-21-20-15(25)23(22)13-4-2-3-12(8-13)16(17,18)19/h2-8H,9H2,1H3. The Hall–Kier alpha value is -3.50. The first-order valence-corrected chi connectivity index (χ1v) is 7.61. The average Bonchev–Trinajstić information content (AvgIpc) is 2.94. The van der Waals surface area contributed by atoms with E-state index < -0.39 is 22.4 Å². The molecule has 0 fully saturated rings. The second kappa shape index (κ2) is 6.67. The number of nitrogens with zero attached hydrogens (tertiary/aromatic N) is 5. The van der Waals surface area contributed by atoms with Gasteiger partial charge in [0.15, 0.2) is 0 Å². The van der Waals surface area contributed by atoms with Crippen LogP contribution in [0.4, 0.5) is 18.9 Å². The van der Waals surface area contributed by atoms with Crippen molar-refractivity contribution in [1.82, 2.24) is 19.8 Å². The number of benzene rings is 2. The number of aryl methyl sites for hydroxylation is 1. The molecule has 0 unspecified atom stereocenters. The van der Waals surface area contributed by atoms with E-state index in [0.29, 0.717) is 11.1 Å². The minimum absolute atomic E-state index is 0.00960. The van der Waals surface area contributed by atoms with Gasteiger partial charge in [0.1, 0.15) is 0 Å². The fraction of sp³-hybridized carbons (Fsp3) is 0.188. The third kappa shape index (κ3) is 3.71. The first-order valence-electron chi connectivity index (χ1n) is 7.61. The molecule has 0 aliphatic heterocycles. The number of rotatable bonds is 4. The fourth-order valence-corrected chi connectivity index (χ4v) is 2.62. The minimum atomic E-state index is -4.56. The van der Waals surface area contributed by atoms with Gasteiger partial charge in [0.25, 0.3) is 5.69 Å². The smallest absolute Gasteiger partial charge is 0.258 e. The molecule has 11 heteroatoms. The number of hydrogen-bond donors (Lipinski definition) is 0. The molecule has 0 aliphatic carbocycles. The van der Waals surface area contributed by atoms with Gasteiger partial charge in [0.2, 0.25) is 0 Å². The predicted octanol–water partition coefficient (Wildman–Crippen LogP) is 2.71. The molecule has 0 bridgehead atoms. The van der Waals surface area contributed by atoms with Crippen LogP contribution in [0.25, 0.3) is 5.69 Å². The van der Waals surface area contributed by atoms with Crippen LogP contribution in [0.5, 0.6) is 0 Å². The van der Waals surface area contributed by atoms with E-state index in [1.807, 2.05) is 0 Å². The average molecular weight is 379 g/mol. The summed E-state index contributed by atoms with van der Waals surface area (Å²) in [7, 11) is 0. The van der Waals surface area contributed by atoms with Crippen molar-refractivity contribution in [2.24, 2.45) is 0 Å². The van der Waals surface area contributed by atoms with Gasteiger partial charge in [-0.3, -0.25) is 10.1 Å². The molecule has 3 aromatic rings. The van der Waals surface area contributed by atoms with Crippen LogP contribution in [-0.4, -0.2) is 24.7 Å². The number of nitro groups is 1. The normalized spacial score (nSPS) is 11.6. The molecule has 0 N–H and O–H groups in total. The highest BCUT2D eigenvalue weighted by Gasteiger charge is 2.30. The van der Waals surface area contributed by atoms with Crippen molar-refractivity contribution in [3.05, 3.63) is 79.8 Å². The zero-order chi connectivity index (χ0) is 19.8. The van der Waals surface area contributed by atoms with Crippen LogP contribution < -0.4 is 5.69 Å². The summed E-state index contributed by atoms with van der Waals surface area (Å²) < 4.78 is 39.7. The number of nitro benzene ring substituents is 1. The summed E-state index contributed by atoms with van der Waals surface area (Å²) in [6.07, 6.45) is -4.56. The lowest BCUT2D eigenvalue weighted by Gasteiger charge is -2.12. The summed E-state index contributed by atoms with van der Waals surface area (Å²) >= 11 is 0. The highest BCUT2D eigenvalue weighted by molar-refractivity contribution is 5.42. The lowest BCUT2D eigenvalue weighted by Crippen LogP contribution is -2.23. The van der Waals surface area contributed by atoms with Crippen molar-refractivity contribution in [1.29, 1.82) is 0 Å². The van der Waals surface area contributed by atoms with Crippen LogP contribution >= 0.6 is 0 Å². The molecule has 0 spiro atoms. The van der Waals surface area contributed by atoms with Gasteiger partial charge in [-0.05, 0) is 42.0 Å². The maximum Gasteiger partial charge on any atom is 0.416 e. The molecule has 2 aromatic carbocycles. The predicted molar refractivity (Wildman–Crippen MR) is 87.6 cm³/mol. The third-order valence-corrected chi connectivity index (χ3v) is 3.85. The Morgan fingerprint density at radius 3 is 2.56 bits per heavy atom. The number of hydrogen-bond acceptors (Lipinski definition) is 5. The van der Waals surface area contributed by atoms with Crippen LogP contribution in [0.2, 0.25) is 0 Å². The highest BCUT2D eigenvalue weighted by atomic mass is 19.4. The van der Waals surface area contributed by atoms with E-state index in [2.05, 4.69) is 10.3 Å². The van der Waals surface area contributed by atoms with Gasteiger partial charge >= 0.3 is 11.9 Å². The molecule has 27 heavy (non-hydrogen) atoms.